The highest BCUT2D eigenvalue weighted by molar-refractivity contribution is 7.99. The van der Waals surface area contributed by atoms with Gasteiger partial charge >= 0.3 is 0 Å². The maximum atomic E-state index is 4.98. The first-order valence-corrected chi connectivity index (χ1v) is 6.80. The Balaban J connectivity index is 1.86. The van der Waals surface area contributed by atoms with E-state index in [2.05, 4.69) is 45.1 Å². The Hall–Kier alpha value is -1.44. The summed E-state index contributed by atoms with van der Waals surface area (Å²) in [7, 11) is 3.53. The molecule has 102 valence electrons. The maximum absolute atomic E-state index is 4.98. The van der Waals surface area contributed by atoms with Crippen LogP contribution in [-0.4, -0.2) is 40.5 Å². The summed E-state index contributed by atoms with van der Waals surface area (Å²) in [5.74, 6) is 0. The molecule has 0 aliphatic heterocycles. The molecule has 0 saturated heterocycles. The van der Waals surface area contributed by atoms with E-state index in [-0.39, 0.29) is 0 Å². The van der Waals surface area contributed by atoms with E-state index in [1.807, 2.05) is 7.05 Å². The predicted octanol–water partition coefficient (Wildman–Crippen LogP) is 1.10. The molecule has 1 heterocycles. The van der Waals surface area contributed by atoms with Gasteiger partial charge in [-0.2, -0.15) is 0 Å². The fourth-order valence-electron chi connectivity index (χ4n) is 1.50. The average Bonchev–Trinajstić information content (AvgIpc) is 2.82. The second kappa shape index (κ2) is 7.22. The van der Waals surface area contributed by atoms with Crippen LogP contribution in [0, 0.1) is 0 Å². The summed E-state index contributed by atoms with van der Waals surface area (Å²) in [6, 6.07) is 8.36. The molecule has 19 heavy (non-hydrogen) atoms. The summed E-state index contributed by atoms with van der Waals surface area (Å²) in [5.41, 5.74) is 1.25. The number of nitrogens with one attached hydrogen (secondary N) is 1. The van der Waals surface area contributed by atoms with Crippen LogP contribution >= 0.6 is 11.8 Å². The Morgan fingerprint density at radius 3 is 2.74 bits per heavy atom. The van der Waals surface area contributed by atoms with E-state index in [0.717, 1.165) is 29.7 Å². The lowest BCUT2D eigenvalue weighted by Crippen LogP contribution is -2.18. The number of tetrazole rings is 1. The molecule has 2 aromatic rings. The second-order valence-corrected chi connectivity index (χ2v) is 5.04. The van der Waals surface area contributed by atoms with Gasteiger partial charge in [-0.25, -0.2) is 4.68 Å². The third kappa shape index (κ3) is 4.30. The Morgan fingerprint density at radius 1 is 1.32 bits per heavy atom. The summed E-state index contributed by atoms with van der Waals surface area (Å²) in [4.78, 5) is 1.12. The van der Waals surface area contributed by atoms with Crippen molar-refractivity contribution in [2.75, 3.05) is 20.3 Å². The molecule has 2 rings (SSSR count). The molecule has 0 fully saturated rings. The van der Waals surface area contributed by atoms with Gasteiger partial charge in [0.1, 0.15) is 0 Å². The maximum Gasteiger partial charge on any atom is 0.213 e. The highest BCUT2D eigenvalue weighted by atomic mass is 32.2. The van der Waals surface area contributed by atoms with Gasteiger partial charge in [-0.15, -0.1) is 5.10 Å². The van der Waals surface area contributed by atoms with Gasteiger partial charge in [0.25, 0.3) is 0 Å². The summed E-state index contributed by atoms with van der Waals surface area (Å²) < 4.78 is 6.64. The van der Waals surface area contributed by atoms with Crippen molar-refractivity contribution in [1.29, 1.82) is 0 Å². The number of hydrogen-bond donors (Lipinski definition) is 1. The van der Waals surface area contributed by atoms with Crippen molar-refractivity contribution in [1.82, 2.24) is 25.5 Å². The molecular formula is C12H17N5OS. The van der Waals surface area contributed by atoms with Gasteiger partial charge < -0.3 is 10.1 Å². The zero-order chi connectivity index (χ0) is 13.5. The number of benzene rings is 1. The molecule has 0 aliphatic carbocycles. The van der Waals surface area contributed by atoms with Crippen LogP contribution in [0.5, 0.6) is 0 Å². The van der Waals surface area contributed by atoms with Crippen molar-refractivity contribution in [2.45, 2.75) is 16.6 Å². The van der Waals surface area contributed by atoms with Crippen LogP contribution in [0.25, 0.3) is 0 Å². The fraction of sp³-hybridized carbons (Fsp3) is 0.417. The summed E-state index contributed by atoms with van der Waals surface area (Å²) in [5, 5.41) is 15.4. The van der Waals surface area contributed by atoms with Crippen molar-refractivity contribution in [2.24, 2.45) is 7.05 Å². The van der Waals surface area contributed by atoms with Crippen molar-refractivity contribution in [3.05, 3.63) is 29.8 Å². The molecule has 0 amide bonds. The lowest BCUT2D eigenvalue weighted by molar-refractivity contribution is 0.199. The van der Waals surface area contributed by atoms with Gasteiger partial charge in [0.2, 0.25) is 5.16 Å². The number of hydrogen-bond acceptors (Lipinski definition) is 6. The number of rotatable bonds is 7. The van der Waals surface area contributed by atoms with E-state index in [9.17, 15) is 0 Å². The third-order valence-corrected chi connectivity index (χ3v) is 3.56. The Kier molecular flexibility index (Phi) is 5.31. The number of methoxy groups -OCH3 is 1. The van der Waals surface area contributed by atoms with E-state index in [4.69, 9.17) is 4.74 Å². The van der Waals surface area contributed by atoms with Crippen LogP contribution in [-0.2, 0) is 18.3 Å². The first-order chi connectivity index (χ1) is 9.29. The molecule has 0 radical (unpaired) electrons. The number of nitrogens with zero attached hydrogens (tertiary/aromatic N) is 4. The van der Waals surface area contributed by atoms with E-state index >= 15 is 0 Å². The van der Waals surface area contributed by atoms with Gasteiger partial charge in [0.05, 0.1) is 6.61 Å². The number of aromatic nitrogens is 4. The molecule has 0 atom stereocenters. The fourth-order valence-corrected chi connectivity index (χ4v) is 2.22. The summed E-state index contributed by atoms with van der Waals surface area (Å²) >= 11 is 1.55. The SMILES string of the molecule is COCCNCc1ccc(Sc2nnnn2C)cc1. The highest BCUT2D eigenvalue weighted by Gasteiger charge is 2.04. The quantitative estimate of drug-likeness (QED) is 0.766. The molecule has 0 spiro atoms. The molecule has 0 bridgehead atoms. The van der Waals surface area contributed by atoms with Gasteiger partial charge in [-0.1, -0.05) is 12.1 Å². The minimum Gasteiger partial charge on any atom is -0.383 e. The molecule has 0 saturated carbocycles. The Labute approximate surface area is 116 Å². The van der Waals surface area contributed by atoms with Crippen LogP contribution in [0.2, 0.25) is 0 Å². The molecule has 1 aromatic carbocycles. The number of aryl methyl sites for hydroxylation is 1. The van der Waals surface area contributed by atoms with Gasteiger partial charge in [0.15, 0.2) is 0 Å². The minimum atomic E-state index is 0.729. The van der Waals surface area contributed by atoms with Crippen LogP contribution < -0.4 is 5.32 Å². The highest BCUT2D eigenvalue weighted by Crippen LogP contribution is 2.24. The van der Waals surface area contributed by atoms with E-state index < -0.39 is 0 Å². The van der Waals surface area contributed by atoms with E-state index in [0.29, 0.717) is 0 Å². The number of ether oxygens (including phenoxy) is 1. The minimum absolute atomic E-state index is 0.729. The summed E-state index contributed by atoms with van der Waals surface area (Å²) in [6.45, 7) is 2.44. The first kappa shape index (κ1) is 14.0. The van der Waals surface area contributed by atoms with Crippen molar-refractivity contribution < 1.29 is 4.74 Å². The van der Waals surface area contributed by atoms with Gasteiger partial charge in [-0.3, -0.25) is 0 Å². The molecule has 1 aromatic heterocycles. The zero-order valence-corrected chi connectivity index (χ0v) is 11.9. The van der Waals surface area contributed by atoms with Crippen molar-refractivity contribution >= 4 is 11.8 Å². The second-order valence-electron chi connectivity index (χ2n) is 4.00. The van der Waals surface area contributed by atoms with Crippen LogP contribution in [0.1, 0.15) is 5.56 Å². The lowest BCUT2D eigenvalue weighted by Gasteiger charge is -2.05. The lowest BCUT2D eigenvalue weighted by atomic mass is 10.2. The van der Waals surface area contributed by atoms with Crippen molar-refractivity contribution in [3.8, 4) is 0 Å². The molecule has 0 aliphatic rings. The molecular weight excluding hydrogens is 262 g/mol. The predicted molar refractivity (Wildman–Crippen MR) is 72.9 cm³/mol. The average molecular weight is 279 g/mol. The van der Waals surface area contributed by atoms with Gasteiger partial charge in [0, 0.05) is 32.1 Å². The molecule has 6 nitrogen and oxygen atoms in total. The Bertz CT molecular complexity index is 499. The largest absolute Gasteiger partial charge is 0.383 e. The third-order valence-electron chi connectivity index (χ3n) is 2.53. The molecule has 0 unspecified atom stereocenters. The Morgan fingerprint density at radius 2 is 2.11 bits per heavy atom. The van der Waals surface area contributed by atoms with E-state index in [1.165, 1.54) is 5.56 Å². The van der Waals surface area contributed by atoms with Crippen LogP contribution in [0.15, 0.2) is 34.3 Å². The summed E-state index contributed by atoms with van der Waals surface area (Å²) in [6.07, 6.45) is 0. The molecule has 7 heteroatoms. The monoisotopic (exact) mass is 279 g/mol. The first-order valence-electron chi connectivity index (χ1n) is 5.98. The topological polar surface area (TPSA) is 64.9 Å². The standard InChI is InChI=1S/C12H17N5OS/c1-17-12(14-15-16-17)19-11-5-3-10(4-6-11)9-13-7-8-18-2/h3-6,13H,7-9H2,1-2H3. The van der Waals surface area contributed by atoms with Crippen LogP contribution in [0.4, 0.5) is 0 Å². The van der Waals surface area contributed by atoms with Gasteiger partial charge in [-0.05, 0) is 39.9 Å². The smallest absolute Gasteiger partial charge is 0.213 e. The van der Waals surface area contributed by atoms with E-state index in [1.54, 1.807) is 23.6 Å². The van der Waals surface area contributed by atoms with Crippen molar-refractivity contribution in [3.63, 3.8) is 0 Å². The normalized spacial score (nSPS) is 10.8. The molecule has 1 N–H and O–H groups in total. The van der Waals surface area contributed by atoms with Crippen LogP contribution in [0.3, 0.4) is 0 Å². The zero-order valence-electron chi connectivity index (χ0n) is 11.0.